The van der Waals surface area contributed by atoms with E-state index in [1.807, 2.05) is 21.9 Å². The van der Waals surface area contributed by atoms with Crippen LogP contribution < -0.4 is 10.2 Å². The largest absolute Gasteiger partial charge is 0.379 e. The lowest BCUT2D eigenvalue weighted by Crippen LogP contribution is -2.45. The highest BCUT2D eigenvalue weighted by Crippen LogP contribution is 2.20. The van der Waals surface area contributed by atoms with Gasteiger partial charge in [-0.25, -0.2) is 4.39 Å². The molecule has 0 spiro atoms. The second-order valence-electron chi connectivity index (χ2n) is 6.84. The Labute approximate surface area is 165 Å². The first-order valence-corrected chi connectivity index (χ1v) is 9.61. The van der Waals surface area contributed by atoms with Crippen molar-refractivity contribution in [2.24, 2.45) is 0 Å². The molecule has 0 radical (unpaired) electrons. The Morgan fingerprint density at radius 1 is 1.18 bits per heavy atom. The Morgan fingerprint density at radius 3 is 2.57 bits per heavy atom. The lowest BCUT2D eigenvalue weighted by atomic mass is 10.2. The topological polar surface area (TPSA) is 71.8 Å². The summed E-state index contributed by atoms with van der Waals surface area (Å²) in [6.07, 6.45) is 1.61. The Morgan fingerprint density at radius 2 is 1.89 bits per heavy atom. The summed E-state index contributed by atoms with van der Waals surface area (Å²) in [5.74, 6) is -0.587. The molecule has 1 aromatic rings. The third-order valence-corrected chi connectivity index (χ3v) is 5.00. The van der Waals surface area contributed by atoms with E-state index in [2.05, 4.69) is 10.2 Å². The predicted molar refractivity (Wildman–Crippen MR) is 104 cm³/mol. The molecule has 0 unspecified atom stereocenters. The number of morpholine rings is 1. The fourth-order valence-electron chi connectivity index (χ4n) is 3.37. The lowest BCUT2D eigenvalue weighted by Gasteiger charge is -2.35. The van der Waals surface area contributed by atoms with Gasteiger partial charge in [0.1, 0.15) is 17.5 Å². The van der Waals surface area contributed by atoms with Crippen LogP contribution in [0.15, 0.2) is 36.0 Å². The highest BCUT2D eigenvalue weighted by Gasteiger charge is 2.19. The molecule has 1 N–H and O–H groups in total. The number of halogens is 1. The van der Waals surface area contributed by atoms with E-state index in [1.54, 1.807) is 18.3 Å². The molecule has 3 rings (SSSR count). The first kappa shape index (κ1) is 20.1. The van der Waals surface area contributed by atoms with Crippen molar-refractivity contribution in [3.05, 3.63) is 41.9 Å². The first-order valence-electron chi connectivity index (χ1n) is 9.61. The van der Waals surface area contributed by atoms with Gasteiger partial charge in [-0.3, -0.25) is 9.69 Å². The third kappa shape index (κ3) is 5.44. The van der Waals surface area contributed by atoms with Crippen molar-refractivity contribution >= 4 is 11.6 Å². The van der Waals surface area contributed by atoms with E-state index >= 15 is 0 Å². The van der Waals surface area contributed by atoms with Gasteiger partial charge in [-0.05, 0) is 12.1 Å². The van der Waals surface area contributed by atoms with Crippen molar-refractivity contribution in [2.75, 3.05) is 70.5 Å². The van der Waals surface area contributed by atoms with Crippen molar-refractivity contribution in [1.82, 2.24) is 15.1 Å². The SMILES string of the molecule is N#C/C(=C/N1CCN(c2ccccc2F)CC1)C(=O)NCCN1CCOCC1. The van der Waals surface area contributed by atoms with Gasteiger partial charge in [-0.2, -0.15) is 5.26 Å². The van der Waals surface area contributed by atoms with Gasteiger partial charge in [0.2, 0.25) is 0 Å². The van der Waals surface area contributed by atoms with E-state index in [1.165, 1.54) is 6.07 Å². The van der Waals surface area contributed by atoms with Gasteiger partial charge in [0.05, 0.1) is 18.9 Å². The van der Waals surface area contributed by atoms with Crippen molar-refractivity contribution in [2.45, 2.75) is 0 Å². The average molecular weight is 387 g/mol. The molecule has 0 aromatic heterocycles. The number of piperazine rings is 1. The molecule has 1 amide bonds. The quantitative estimate of drug-likeness (QED) is 0.575. The maximum absolute atomic E-state index is 13.9. The summed E-state index contributed by atoms with van der Waals surface area (Å²) in [7, 11) is 0. The fourth-order valence-corrected chi connectivity index (χ4v) is 3.37. The molecule has 7 nitrogen and oxygen atoms in total. The van der Waals surface area contributed by atoms with Gasteiger partial charge in [0, 0.05) is 58.6 Å². The first-order chi connectivity index (χ1) is 13.7. The van der Waals surface area contributed by atoms with Crippen LogP contribution in [0.1, 0.15) is 0 Å². The summed E-state index contributed by atoms with van der Waals surface area (Å²) in [5, 5.41) is 12.2. The number of amides is 1. The zero-order valence-electron chi connectivity index (χ0n) is 15.9. The van der Waals surface area contributed by atoms with Crippen molar-refractivity contribution in [1.29, 1.82) is 5.26 Å². The Hall–Kier alpha value is -2.63. The number of rotatable bonds is 6. The molecular weight excluding hydrogens is 361 g/mol. The molecule has 0 saturated carbocycles. The van der Waals surface area contributed by atoms with Gasteiger partial charge < -0.3 is 19.9 Å². The van der Waals surface area contributed by atoms with Crippen LogP contribution >= 0.6 is 0 Å². The van der Waals surface area contributed by atoms with E-state index in [4.69, 9.17) is 4.74 Å². The third-order valence-electron chi connectivity index (χ3n) is 5.00. The number of nitrogens with zero attached hydrogens (tertiary/aromatic N) is 4. The number of hydrogen-bond donors (Lipinski definition) is 1. The van der Waals surface area contributed by atoms with Gasteiger partial charge >= 0.3 is 0 Å². The summed E-state index contributed by atoms with van der Waals surface area (Å²) in [6, 6.07) is 8.71. The second kappa shape index (κ2) is 10.1. The Kier molecular flexibility index (Phi) is 7.23. The molecule has 0 aliphatic carbocycles. The summed E-state index contributed by atoms with van der Waals surface area (Å²) < 4.78 is 19.2. The summed E-state index contributed by atoms with van der Waals surface area (Å²) in [6.45, 7) is 6.93. The van der Waals surface area contributed by atoms with Crippen LogP contribution in [0.2, 0.25) is 0 Å². The van der Waals surface area contributed by atoms with Gasteiger partial charge in [-0.1, -0.05) is 12.1 Å². The number of ether oxygens (including phenoxy) is 1. The maximum atomic E-state index is 13.9. The van der Waals surface area contributed by atoms with Crippen LogP contribution in [0.4, 0.5) is 10.1 Å². The van der Waals surface area contributed by atoms with E-state index < -0.39 is 0 Å². The van der Waals surface area contributed by atoms with E-state index in [-0.39, 0.29) is 17.3 Å². The number of anilines is 1. The van der Waals surface area contributed by atoms with E-state index in [9.17, 15) is 14.4 Å². The summed E-state index contributed by atoms with van der Waals surface area (Å²) >= 11 is 0. The Bertz CT molecular complexity index is 734. The zero-order chi connectivity index (χ0) is 19.8. The molecule has 8 heteroatoms. The van der Waals surface area contributed by atoms with Gasteiger partial charge in [-0.15, -0.1) is 0 Å². The van der Waals surface area contributed by atoms with Crippen LogP contribution in [-0.4, -0.2) is 81.3 Å². The summed E-state index contributed by atoms with van der Waals surface area (Å²) in [5.41, 5.74) is 0.689. The molecule has 2 saturated heterocycles. The van der Waals surface area contributed by atoms with E-state index in [0.29, 0.717) is 38.4 Å². The minimum absolute atomic E-state index is 0.0984. The highest BCUT2D eigenvalue weighted by molar-refractivity contribution is 5.97. The second-order valence-corrected chi connectivity index (χ2v) is 6.84. The highest BCUT2D eigenvalue weighted by atomic mass is 19.1. The number of benzene rings is 1. The fraction of sp³-hybridized carbons (Fsp3) is 0.500. The summed E-state index contributed by atoms with van der Waals surface area (Å²) in [4.78, 5) is 18.4. The number of nitrogens with one attached hydrogen (secondary N) is 1. The minimum atomic E-state index is -0.354. The standard InChI is InChI=1S/C20H26FN5O2/c21-18-3-1-2-4-19(18)26-9-7-25(8-10-26)16-17(15-22)20(27)23-5-6-24-11-13-28-14-12-24/h1-4,16H,5-14H2,(H,23,27)/b17-16-. The zero-order valence-corrected chi connectivity index (χ0v) is 15.9. The van der Waals surface area contributed by atoms with Crippen LogP contribution in [0.5, 0.6) is 0 Å². The molecule has 0 atom stereocenters. The monoisotopic (exact) mass is 387 g/mol. The number of para-hydroxylation sites is 1. The van der Waals surface area contributed by atoms with Crippen LogP contribution in [0.25, 0.3) is 0 Å². The normalized spacial score (nSPS) is 18.6. The molecule has 1 aromatic carbocycles. The Balaban J connectivity index is 1.47. The van der Waals surface area contributed by atoms with Gasteiger partial charge in [0.15, 0.2) is 0 Å². The van der Waals surface area contributed by atoms with Crippen LogP contribution in [0, 0.1) is 17.1 Å². The van der Waals surface area contributed by atoms with E-state index in [0.717, 1.165) is 32.8 Å². The molecule has 150 valence electrons. The predicted octanol–water partition coefficient (Wildman–Crippen LogP) is 0.804. The maximum Gasteiger partial charge on any atom is 0.263 e. The number of nitriles is 1. The van der Waals surface area contributed by atoms with Crippen LogP contribution in [0.3, 0.4) is 0 Å². The number of hydrogen-bond acceptors (Lipinski definition) is 6. The van der Waals surface area contributed by atoms with Crippen molar-refractivity contribution < 1.29 is 13.9 Å². The molecule has 2 aliphatic rings. The van der Waals surface area contributed by atoms with Crippen molar-refractivity contribution in [3.63, 3.8) is 0 Å². The van der Waals surface area contributed by atoms with Crippen LogP contribution in [-0.2, 0) is 9.53 Å². The lowest BCUT2D eigenvalue weighted by molar-refractivity contribution is -0.117. The number of carbonyl (C=O) groups excluding carboxylic acids is 1. The minimum Gasteiger partial charge on any atom is -0.379 e. The number of carbonyl (C=O) groups is 1. The molecule has 2 heterocycles. The molecule has 28 heavy (non-hydrogen) atoms. The average Bonchev–Trinajstić information content (AvgIpc) is 2.73. The smallest absolute Gasteiger partial charge is 0.263 e. The van der Waals surface area contributed by atoms with Crippen molar-refractivity contribution in [3.8, 4) is 6.07 Å². The molecule has 0 bridgehead atoms. The molecule has 2 fully saturated rings. The van der Waals surface area contributed by atoms with Gasteiger partial charge in [0.25, 0.3) is 5.91 Å². The molecular formula is C20H26FN5O2. The molecule has 2 aliphatic heterocycles.